The Balaban J connectivity index is 1.50. The van der Waals surface area contributed by atoms with Crippen molar-refractivity contribution < 1.29 is 43.3 Å². The number of aliphatic carboxylic acids is 1. The number of amides is 5. The molecule has 0 radical (unpaired) electrons. The van der Waals surface area contributed by atoms with Gasteiger partial charge < -0.3 is 39.9 Å². The molecular formula is C33H44N6O9. The van der Waals surface area contributed by atoms with Crippen molar-refractivity contribution in [1.29, 1.82) is 0 Å². The number of piperazine rings is 1. The van der Waals surface area contributed by atoms with E-state index in [1.165, 1.54) is 20.8 Å². The molecule has 2 aliphatic rings. The average molecular weight is 669 g/mol. The third-order valence-corrected chi connectivity index (χ3v) is 8.30. The molecule has 48 heavy (non-hydrogen) atoms. The Bertz CT molecular complexity index is 1520. The van der Waals surface area contributed by atoms with Gasteiger partial charge in [-0.15, -0.1) is 0 Å². The Labute approximate surface area is 278 Å². The summed E-state index contributed by atoms with van der Waals surface area (Å²) in [6.45, 7) is 7.16. The van der Waals surface area contributed by atoms with E-state index in [-0.39, 0.29) is 75.5 Å². The zero-order valence-corrected chi connectivity index (χ0v) is 27.7. The lowest BCUT2D eigenvalue weighted by Crippen LogP contribution is -2.56. The monoisotopic (exact) mass is 668 g/mol. The van der Waals surface area contributed by atoms with Crippen molar-refractivity contribution in [2.45, 2.75) is 65.0 Å². The van der Waals surface area contributed by atoms with Crippen LogP contribution in [-0.4, -0.2) is 125 Å². The van der Waals surface area contributed by atoms with E-state index in [1.54, 1.807) is 19.1 Å². The third-order valence-electron chi connectivity index (χ3n) is 8.30. The van der Waals surface area contributed by atoms with Gasteiger partial charge in [-0.05, 0) is 57.2 Å². The zero-order valence-electron chi connectivity index (χ0n) is 27.7. The van der Waals surface area contributed by atoms with Crippen LogP contribution in [0.25, 0.3) is 10.9 Å². The number of carbonyl (C=O) groups is 6. The number of nitrogens with zero attached hydrogens (tertiary/aromatic N) is 4. The highest BCUT2D eigenvalue weighted by Gasteiger charge is 2.34. The number of pyridine rings is 1. The van der Waals surface area contributed by atoms with Crippen LogP contribution in [0.3, 0.4) is 0 Å². The first-order valence-corrected chi connectivity index (χ1v) is 16.4. The van der Waals surface area contributed by atoms with Gasteiger partial charge in [0.05, 0.1) is 12.1 Å². The maximum absolute atomic E-state index is 13.6. The Kier molecular flexibility index (Phi) is 12.5. The van der Waals surface area contributed by atoms with Gasteiger partial charge >= 0.3 is 12.1 Å². The van der Waals surface area contributed by atoms with Gasteiger partial charge in [-0.1, -0.05) is 13.0 Å². The lowest BCUT2D eigenvalue weighted by atomic mass is 10.1. The minimum absolute atomic E-state index is 0.0891. The number of aryl methyl sites for hydroxylation is 1. The molecule has 1 aromatic carbocycles. The summed E-state index contributed by atoms with van der Waals surface area (Å²) >= 11 is 0. The Morgan fingerprint density at radius 1 is 1.02 bits per heavy atom. The normalized spacial score (nSPS) is 16.7. The topological polar surface area (TPSA) is 188 Å². The summed E-state index contributed by atoms with van der Waals surface area (Å²) in [5.41, 5.74) is 1.20. The van der Waals surface area contributed by atoms with E-state index >= 15 is 0 Å². The van der Waals surface area contributed by atoms with Crippen molar-refractivity contribution in [2.24, 2.45) is 0 Å². The molecule has 2 fully saturated rings. The molecule has 15 heteroatoms. The minimum Gasteiger partial charge on any atom is -0.483 e. The van der Waals surface area contributed by atoms with E-state index in [1.807, 2.05) is 19.9 Å². The number of nitrogens with one attached hydrogen (secondary N) is 2. The van der Waals surface area contributed by atoms with Gasteiger partial charge in [-0.2, -0.15) is 0 Å². The smallest absolute Gasteiger partial charge is 0.409 e. The lowest BCUT2D eigenvalue weighted by Gasteiger charge is -2.35. The largest absolute Gasteiger partial charge is 0.483 e. The van der Waals surface area contributed by atoms with Crippen LogP contribution >= 0.6 is 0 Å². The Morgan fingerprint density at radius 3 is 2.44 bits per heavy atom. The van der Waals surface area contributed by atoms with E-state index in [2.05, 4.69) is 15.6 Å². The molecule has 3 heterocycles. The summed E-state index contributed by atoms with van der Waals surface area (Å²) in [5.74, 6) is -2.68. The fourth-order valence-electron chi connectivity index (χ4n) is 5.77. The first kappa shape index (κ1) is 35.9. The van der Waals surface area contributed by atoms with Crippen LogP contribution in [0.15, 0.2) is 24.3 Å². The van der Waals surface area contributed by atoms with Crippen molar-refractivity contribution in [1.82, 2.24) is 30.3 Å². The number of hydrogen-bond acceptors (Lipinski definition) is 9. The highest BCUT2D eigenvalue weighted by atomic mass is 16.6. The summed E-state index contributed by atoms with van der Waals surface area (Å²) in [7, 11) is 0. The molecule has 2 aromatic rings. The van der Waals surface area contributed by atoms with Crippen LogP contribution in [-0.2, 0) is 23.9 Å². The van der Waals surface area contributed by atoms with Crippen LogP contribution in [0.2, 0.25) is 0 Å². The molecule has 0 saturated carbocycles. The molecule has 15 nitrogen and oxygen atoms in total. The number of carboxylic acid groups (broad SMARTS) is 1. The molecule has 2 aliphatic heterocycles. The molecule has 0 aliphatic carbocycles. The van der Waals surface area contributed by atoms with Crippen molar-refractivity contribution in [3.8, 4) is 5.75 Å². The van der Waals surface area contributed by atoms with E-state index in [4.69, 9.17) is 9.47 Å². The maximum atomic E-state index is 13.6. The second-order valence-electron chi connectivity index (χ2n) is 11.8. The predicted octanol–water partition coefficient (Wildman–Crippen LogP) is 1.70. The van der Waals surface area contributed by atoms with E-state index in [9.17, 15) is 33.9 Å². The number of carbonyl (C=O) groups excluding carboxylic acids is 5. The average Bonchev–Trinajstić information content (AvgIpc) is 3.57. The highest BCUT2D eigenvalue weighted by Crippen LogP contribution is 2.27. The number of ether oxygens (including phenoxy) is 2. The highest BCUT2D eigenvalue weighted by molar-refractivity contribution is 5.99. The maximum Gasteiger partial charge on any atom is 0.409 e. The summed E-state index contributed by atoms with van der Waals surface area (Å²) in [4.78, 5) is 85.4. The summed E-state index contributed by atoms with van der Waals surface area (Å²) in [6, 6.07) is 5.01. The quantitative estimate of drug-likeness (QED) is 0.284. The van der Waals surface area contributed by atoms with Gasteiger partial charge in [0, 0.05) is 57.1 Å². The van der Waals surface area contributed by atoms with Crippen molar-refractivity contribution in [3.63, 3.8) is 0 Å². The third kappa shape index (κ3) is 9.10. The molecule has 2 atom stereocenters. The Morgan fingerprint density at radius 2 is 1.75 bits per heavy atom. The molecule has 2 saturated heterocycles. The van der Waals surface area contributed by atoms with Gasteiger partial charge in [0.25, 0.3) is 11.8 Å². The molecule has 5 amide bonds. The lowest BCUT2D eigenvalue weighted by molar-refractivity contribution is -0.140. The SMILES string of the molecule is CCCNC(=O)C1CCCN1C(=O)COc1cc(C(=O)NC(CCC(=O)O)C(=O)N2CCN(C(=O)OCC)CC2)nc2cc(C)ccc12. The number of fused-ring (bicyclic) bond motifs is 1. The van der Waals surface area contributed by atoms with Gasteiger partial charge in [0.15, 0.2) is 6.61 Å². The Hall–Kier alpha value is -4.95. The summed E-state index contributed by atoms with van der Waals surface area (Å²) in [5, 5.41) is 15.4. The number of benzene rings is 1. The van der Waals surface area contributed by atoms with Gasteiger partial charge in [0.2, 0.25) is 11.8 Å². The fraction of sp³-hybridized carbons (Fsp3) is 0.545. The van der Waals surface area contributed by atoms with E-state index < -0.39 is 36.0 Å². The first-order chi connectivity index (χ1) is 23.0. The molecular weight excluding hydrogens is 624 g/mol. The molecule has 2 unspecified atom stereocenters. The van der Waals surface area contributed by atoms with Crippen molar-refractivity contribution >= 4 is 46.6 Å². The van der Waals surface area contributed by atoms with Crippen molar-refractivity contribution in [3.05, 3.63) is 35.5 Å². The van der Waals surface area contributed by atoms with Crippen LogP contribution in [0, 0.1) is 6.92 Å². The molecule has 1 aromatic heterocycles. The second-order valence-corrected chi connectivity index (χ2v) is 11.8. The predicted molar refractivity (Wildman–Crippen MR) is 173 cm³/mol. The molecule has 4 rings (SSSR count). The van der Waals surface area contributed by atoms with Crippen LogP contribution in [0.4, 0.5) is 4.79 Å². The molecule has 0 bridgehead atoms. The summed E-state index contributed by atoms with van der Waals surface area (Å²) in [6.07, 6.45) is 1.03. The fourth-order valence-corrected chi connectivity index (χ4v) is 5.77. The van der Waals surface area contributed by atoms with Crippen LogP contribution < -0.4 is 15.4 Å². The van der Waals surface area contributed by atoms with Gasteiger partial charge in [-0.3, -0.25) is 24.0 Å². The summed E-state index contributed by atoms with van der Waals surface area (Å²) < 4.78 is 11.0. The van der Waals surface area contributed by atoms with Crippen LogP contribution in [0.1, 0.15) is 62.0 Å². The molecule has 0 spiro atoms. The number of hydrogen-bond donors (Lipinski definition) is 3. The number of likely N-dealkylation sites (tertiary alicyclic amines) is 1. The van der Waals surface area contributed by atoms with Crippen molar-refractivity contribution in [2.75, 3.05) is 52.5 Å². The molecule has 3 N–H and O–H groups in total. The second kappa shape index (κ2) is 16.7. The van der Waals surface area contributed by atoms with Gasteiger partial charge in [0.1, 0.15) is 23.5 Å². The van der Waals surface area contributed by atoms with Gasteiger partial charge in [-0.25, -0.2) is 9.78 Å². The van der Waals surface area contributed by atoms with E-state index in [0.29, 0.717) is 36.8 Å². The minimum atomic E-state index is -1.17. The van der Waals surface area contributed by atoms with Crippen LogP contribution in [0.5, 0.6) is 5.75 Å². The number of carboxylic acids is 1. The standard InChI is InChI=1S/C33H44N6O9/c1-4-12-34-31(44)26-7-6-13-39(26)28(40)20-48-27-19-25(35-24-18-21(3)8-9-22(24)27)30(43)36-23(10-11-29(41)42)32(45)37-14-16-38(17-15-37)33(46)47-5-2/h8-9,18-19,23,26H,4-7,10-17,20H2,1-3H3,(H,34,44)(H,36,43)(H,41,42). The molecule has 260 valence electrons. The first-order valence-electron chi connectivity index (χ1n) is 16.4. The van der Waals surface area contributed by atoms with E-state index in [0.717, 1.165) is 12.0 Å². The number of rotatable bonds is 13. The number of aromatic nitrogens is 1. The zero-order chi connectivity index (χ0) is 34.8.